The van der Waals surface area contributed by atoms with Gasteiger partial charge in [-0.3, -0.25) is 9.59 Å². The van der Waals surface area contributed by atoms with Gasteiger partial charge in [-0.1, -0.05) is 12.1 Å². The number of amides is 2. The molecule has 0 saturated heterocycles. The van der Waals surface area contributed by atoms with E-state index >= 15 is 0 Å². The first-order valence-electron chi connectivity index (χ1n) is 11.2. The Morgan fingerprint density at radius 1 is 1.23 bits per heavy atom. The van der Waals surface area contributed by atoms with Gasteiger partial charge in [0.05, 0.1) is 13.3 Å². The van der Waals surface area contributed by atoms with Gasteiger partial charge in [0, 0.05) is 23.1 Å². The molecule has 0 unspecified atom stereocenters. The number of benzene rings is 2. The molecule has 1 aliphatic heterocycles. The summed E-state index contributed by atoms with van der Waals surface area (Å²) in [4.78, 5) is 29.7. The molecular weight excluding hydrogens is 444 g/mol. The van der Waals surface area contributed by atoms with Crippen LogP contribution in [0.2, 0.25) is 0 Å². The van der Waals surface area contributed by atoms with E-state index in [0.717, 1.165) is 22.2 Å². The van der Waals surface area contributed by atoms with Gasteiger partial charge in [0.15, 0.2) is 11.6 Å². The van der Waals surface area contributed by atoms with Gasteiger partial charge >= 0.3 is 0 Å². The van der Waals surface area contributed by atoms with Gasteiger partial charge < -0.3 is 15.4 Å². The zero-order chi connectivity index (χ0) is 24.5. The zero-order valence-corrected chi connectivity index (χ0v) is 19.3. The number of anilines is 2. The van der Waals surface area contributed by atoms with Crippen molar-refractivity contribution < 1.29 is 14.3 Å². The molecule has 174 valence electrons. The standard InChI is InChI=1S/C26H22N6O3/c1-15-11-22(30-24-19(15)6-4-7-21(24)35-2)32-25(18(13-27)14-28-32)31-26(34)17-9-10-20-16(12-17)5-3-8-23(33)29-20/h4,6-7,9-12,14H,3,5,8H2,1-2H3,(H,29,33)(H,31,34). The van der Waals surface area contributed by atoms with Crippen LogP contribution in [0.3, 0.4) is 0 Å². The van der Waals surface area contributed by atoms with E-state index in [9.17, 15) is 14.9 Å². The van der Waals surface area contributed by atoms with Crippen LogP contribution in [0.25, 0.3) is 16.7 Å². The van der Waals surface area contributed by atoms with Crippen molar-refractivity contribution >= 4 is 34.2 Å². The highest BCUT2D eigenvalue weighted by Gasteiger charge is 2.20. The maximum atomic E-state index is 13.2. The zero-order valence-electron chi connectivity index (χ0n) is 19.3. The topological polar surface area (TPSA) is 122 Å². The summed E-state index contributed by atoms with van der Waals surface area (Å²) in [5.41, 5.74) is 3.85. The molecule has 0 atom stereocenters. The maximum absolute atomic E-state index is 13.2. The lowest BCUT2D eigenvalue weighted by Crippen LogP contribution is -2.17. The SMILES string of the molecule is COc1cccc2c(C)cc(-n3ncc(C#N)c3NC(=O)c3ccc4c(c3)CCCC(=O)N4)nc12. The number of carbonyl (C=O) groups excluding carboxylic acids is 2. The predicted octanol–water partition coefficient (Wildman–Crippen LogP) is 4.14. The summed E-state index contributed by atoms with van der Waals surface area (Å²) in [7, 11) is 1.58. The minimum Gasteiger partial charge on any atom is -0.494 e. The number of hydrogen-bond acceptors (Lipinski definition) is 6. The van der Waals surface area contributed by atoms with Crippen LogP contribution >= 0.6 is 0 Å². The third-order valence-electron chi connectivity index (χ3n) is 6.05. The molecule has 0 aliphatic carbocycles. The van der Waals surface area contributed by atoms with Crippen molar-refractivity contribution in [3.8, 4) is 17.6 Å². The van der Waals surface area contributed by atoms with Gasteiger partial charge in [-0.2, -0.15) is 15.0 Å². The molecular formula is C26H22N6O3. The number of rotatable bonds is 4. The fraction of sp³-hybridized carbons (Fsp3) is 0.192. The van der Waals surface area contributed by atoms with Gasteiger partial charge in [-0.15, -0.1) is 0 Å². The molecule has 0 spiro atoms. The molecule has 0 radical (unpaired) electrons. The Balaban J connectivity index is 1.53. The number of carbonyl (C=O) groups is 2. The second-order valence-corrected chi connectivity index (χ2v) is 8.31. The van der Waals surface area contributed by atoms with Crippen LogP contribution in [-0.2, 0) is 11.2 Å². The molecule has 9 heteroatoms. The summed E-state index contributed by atoms with van der Waals surface area (Å²) in [6.07, 6.45) is 3.25. The van der Waals surface area contributed by atoms with Gasteiger partial charge in [0.2, 0.25) is 5.91 Å². The van der Waals surface area contributed by atoms with Crippen molar-refractivity contribution in [1.82, 2.24) is 14.8 Å². The van der Waals surface area contributed by atoms with Gasteiger partial charge in [0.25, 0.3) is 5.91 Å². The highest BCUT2D eigenvalue weighted by molar-refractivity contribution is 6.05. The molecule has 9 nitrogen and oxygen atoms in total. The summed E-state index contributed by atoms with van der Waals surface area (Å²) in [5.74, 6) is 0.862. The van der Waals surface area contributed by atoms with Crippen molar-refractivity contribution in [2.75, 3.05) is 17.7 Å². The number of fused-ring (bicyclic) bond motifs is 2. The fourth-order valence-electron chi connectivity index (χ4n) is 4.27. The summed E-state index contributed by atoms with van der Waals surface area (Å²) in [5, 5.41) is 20.6. The minimum atomic E-state index is -0.392. The Labute approximate surface area is 201 Å². The molecule has 2 N–H and O–H groups in total. The molecule has 5 rings (SSSR count). The normalized spacial score (nSPS) is 12.9. The van der Waals surface area contributed by atoms with Crippen LogP contribution in [0.5, 0.6) is 5.75 Å². The van der Waals surface area contributed by atoms with E-state index in [4.69, 9.17) is 9.72 Å². The first-order chi connectivity index (χ1) is 17.0. The van der Waals surface area contributed by atoms with E-state index in [1.807, 2.05) is 31.2 Å². The van der Waals surface area contributed by atoms with Gasteiger partial charge in [-0.05, 0) is 61.2 Å². The highest BCUT2D eigenvalue weighted by atomic mass is 16.5. The molecule has 4 aromatic rings. The predicted molar refractivity (Wildman–Crippen MR) is 131 cm³/mol. The van der Waals surface area contributed by atoms with Crippen molar-refractivity contribution in [2.45, 2.75) is 26.2 Å². The van der Waals surface area contributed by atoms with Crippen LogP contribution < -0.4 is 15.4 Å². The maximum Gasteiger partial charge on any atom is 0.256 e. The average molecular weight is 467 g/mol. The van der Waals surface area contributed by atoms with Gasteiger partial charge in [0.1, 0.15) is 22.9 Å². The van der Waals surface area contributed by atoms with Crippen molar-refractivity contribution in [3.05, 3.63) is 70.9 Å². The molecule has 0 bridgehead atoms. The number of ether oxygens (including phenoxy) is 1. The Hall–Kier alpha value is -4.71. The molecule has 3 heterocycles. The molecule has 2 amide bonds. The summed E-state index contributed by atoms with van der Waals surface area (Å²) < 4.78 is 6.92. The number of nitrogens with zero attached hydrogens (tertiary/aromatic N) is 4. The Bertz CT molecular complexity index is 1530. The van der Waals surface area contributed by atoms with Crippen LogP contribution in [0, 0.1) is 18.3 Å². The smallest absolute Gasteiger partial charge is 0.256 e. The number of methoxy groups -OCH3 is 1. The Kier molecular flexibility index (Phi) is 5.63. The van der Waals surface area contributed by atoms with Crippen LogP contribution in [0.1, 0.15) is 39.9 Å². The fourth-order valence-corrected chi connectivity index (χ4v) is 4.27. The monoisotopic (exact) mass is 466 g/mol. The van der Waals surface area contributed by atoms with E-state index < -0.39 is 5.91 Å². The highest BCUT2D eigenvalue weighted by Crippen LogP contribution is 2.29. The first kappa shape index (κ1) is 22.1. The Morgan fingerprint density at radius 3 is 2.89 bits per heavy atom. The lowest BCUT2D eigenvalue weighted by atomic mass is 10.0. The lowest BCUT2D eigenvalue weighted by molar-refractivity contribution is -0.116. The molecule has 0 saturated carbocycles. The second-order valence-electron chi connectivity index (χ2n) is 8.31. The van der Waals surface area contributed by atoms with E-state index in [0.29, 0.717) is 41.9 Å². The quantitative estimate of drug-likeness (QED) is 0.466. The van der Waals surface area contributed by atoms with Crippen molar-refractivity contribution in [3.63, 3.8) is 0 Å². The lowest BCUT2D eigenvalue weighted by Gasteiger charge is -2.13. The third-order valence-corrected chi connectivity index (χ3v) is 6.05. The molecule has 0 fully saturated rings. The van der Waals surface area contributed by atoms with Crippen LogP contribution in [0.4, 0.5) is 11.5 Å². The number of nitrogens with one attached hydrogen (secondary N) is 2. The second kappa shape index (κ2) is 8.91. The van der Waals surface area contributed by atoms with Crippen molar-refractivity contribution in [1.29, 1.82) is 5.26 Å². The number of para-hydroxylation sites is 1. The van der Waals surface area contributed by atoms with Crippen LogP contribution in [-0.4, -0.2) is 33.7 Å². The van der Waals surface area contributed by atoms with E-state index in [-0.39, 0.29) is 17.3 Å². The number of pyridine rings is 1. The van der Waals surface area contributed by atoms with Gasteiger partial charge in [-0.25, -0.2) is 4.98 Å². The van der Waals surface area contributed by atoms with E-state index in [1.165, 1.54) is 10.9 Å². The number of hydrogen-bond donors (Lipinski definition) is 2. The Morgan fingerprint density at radius 2 is 2.09 bits per heavy atom. The average Bonchev–Trinajstić information content (AvgIpc) is 3.16. The molecule has 2 aromatic carbocycles. The summed E-state index contributed by atoms with van der Waals surface area (Å²) in [6, 6.07) is 14.8. The molecule has 1 aliphatic rings. The van der Waals surface area contributed by atoms with E-state index in [2.05, 4.69) is 21.8 Å². The summed E-state index contributed by atoms with van der Waals surface area (Å²) in [6.45, 7) is 1.95. The third kappa shape index (κ3) is 4.06. The molecule has 2 aromatic heterocycles. The van der Waals surface area contributed by atoms with Crippen LogP contribution in [0.15, 0.2) is 48.7 Å². The first-order valence-corrected chi connectivity index (χ1v) is 11.2. The molecule has 35 heavy (non-hydrogen) atoms. The minimum absolute atomic E-state index is 0.0293. The summed E-state index contributed by atoms with van der Waals surface area (Å²) >= 11 is 0. The number of nitriles is 1. The van der Waals surface area contributed by atoms with E-state index in [1.54, 1.807) is 25.3 Å². The largest absolute Gasteiger partial charge is 0.494 e. The number of aryl methyl sites for hydroxylation is 2. The van der Waals surface area contributed by atoms with Crippen molar-refractivity contribution in [2.24, 2.45) is 0 Å². The number of aromatic nitrogens is 3.